The van der Waals surface area contributed by atoms with Crippen molar-refractivity contribution < 1.29 is 9.31 Å². The number of rotatable bonds is 2. The topological polar surface area (TPSA) is 18.5 Å². The van der Waals surface area contributed by atoms with Gasteiger partial charge in [0.1, 0.15) is 0 Å². The Bertz CT molecular complexity index is 1140. The van der Waals surface area contributed by atoms with Crippen LogP contribution in [0.2, 0.25) is 0 Å². The summed E-state index contributed by atoms with van der Waals surface area (Å²) in [5.41, 5.74) is 1.62. The van der Waals surface area contributed by atoms with Crippen LogP contribution in [-0.2, 0) is 9.31 Å². The van der Waals surface area contributed by atoms with E-state index in [2.05, 4.69) is 94.4 Å². The van der Waals surface area contributed by atoms with Crippen LogP contribution in [0.1, 0.15) is 27.7 Å². The Kier molecular flexibility index (Phi) is 3.96. The largest absolute Gasteiger partial charge is 0.494 e. The highest BCUT2D eigenvalue weighted by Gasteiger charge is 2.51. The maximum atomic E-state index is 6.33. The molecule has 0 radical (unpaired) electrons. The van der Waals surface area contributed by atoms with E-state index in [1.165, 1.54) is 31.3 Å². The molecule has 0 saturated carbocycles. The van der Waals surface area contributed by atoms with Crippen molar-refractivity contribution >= 4 is 44.8 Å². The molecule has 5 rings (SSSR count). The molecular formula is C24H23BO2S. The van der Waals surface area contributed by atoms with Gasteiger partial charge in [0.2, 0.25) is 0 Å². The monoisotopic (exact) mass is 386 g/mol. The number of benzene rings is 3. The van der Waals surface area contributed by atoms with Gasteiger partial charge in [0, 0.05) is 9.58 Å². The van der Waals surface area contributed by atoms with Crippen molar-refractivity contribution in [2.75, 3.05) is 0 Å². The summed E-state index contributed by atoms with van der Waals surface area (Å²) in [6, 6.07) is 23.8. The molecule has 3 aromatic carbocycles. The lowest BCUT2D eigenvalue weighted by atomic mass is 9.77. The first-order valence-corrected chi connectivity index (χ1v) is 10.5. The van der Waals surface area contributed by atoms with Gasteiger partial charge in [-0.05, 0) is 67.0 Å². The predicted octanol–water partition coefficient (Wildman–Crippen LogP) is 6.02. The summed E-state index contributed by atoms with van der Waals surface area (Å²) in [6.07, 6.45) is 0. The van der Waals surface area contributed by atoms with E-state index < -0.39 is 0 Å². The minimum absolute atomic E-state index is 0.346. The van der Waals surface area contributed by atoms with Gasteiger partial charge in [-0.25, -0.2) is 0 Å². The van der Waals surface area contributed by atoms with Crippen molar-refractivity contribution in [2.45, 2.75) is 38.9 Å². The smallest absolute Gasteiger partial charge is 0.399 e. The zero-order valence-corrected chi connectivity index (χ0v) is 17.5. The summed E-state index contributed by atoms with van der Waals surface area (Å²) >= 11 is 1.83. The first-order valence-electron chi connectivity index (χ1n) is 9.71. The van der Waals surface area contributed by atoms with Crippen LogP contribution in [0.15, 0.2) is 66.7 Å². The van der Waals surface area contributed by atoms with Crippen molar-refractivity contribution in [3.05, 3.63) is 66.7 Å². The predicted molar refractivity (Wildman–Crippen MR) is 120 cm³/mol. The van der Waals surface area contributed by atoms with Gasteiger partial charge < -0.3 is 9.31 Å². The Hall–Kier alpha value is -2.14. The van der Waals surface area contributed by atoms with Crippen molar-refractivity contribution in [3.63, 3.8) is 0 Å². The molecule has 2 heterocycles. The Balaban J connectivity index is 1.69. The fourth-order valence-corrected chi connectivity index (χ4v) is 4.86. The molecular weight excluding hydrogens is 363 g/mol. The number of hydrogen-bond donors (Lipinski definition) is 0. The zero-order chi connectivity index (χ0) is 19.5. The maximum absolute atomic E-state index is 6.33. The van der Waals surface area contributed by atoms with E-state index in [1.54, 1.807) is 0 Å². The van der Waals surface area contributed by atoms with Crippen LogP contribution in [0, 0.1) is 0 Å². The van der Waals surface area contributed by atoms with E-state index in [0.29, 0.717) is 0 Å². The highest BCUT2D eigenvalue weighted by molar-refractivity contribution is 7.22. The Morgan fingerprint density at radius 3 is 2.11 bits per heavy atom. The summed E-state index contributed by atoms with van der Waals surface area (Å²) in [7, 11) is -0.359. The average Bonchev–Trinajstić information content (AvgIpc) is 3.18. The van der Waals surface area contributed by atoms with Crippen LogP contribution in [0.5, 0.6) is 0 Å². The Labute approximate surface area is 170 Å². The second kappa shape index (κ2) is 6.18. The fraction of sp³-hybridized carbons (Fsp3) is 0.250. The normalized spacial score (nSPS) is 18.2. The first kappa shape index (κ1) is 17.9. The summed E-state index contributed by atoms with van der Waals surface area (Å²) in [5, 5.41) is 3.75. The lowest BCUT2D eigenvalue weighted by Crippen LogP contribution is -2.41. The van der Waals surface area contributed by atoms with Gasteiger partial charge >= 0.3 is 7.12 Å². The number of fused-ring (bicyclic) bond motifs is 2. The fourth-order valence-electron chi connectivity index (χ4n) is 3.77. The van der Waals surface area contributed by atoms with Crippen molar-refractivity contribution in [3.8, 4) is 10.4 Å². The molecule has 4 aromatic rings. The molecule has 28 heavy (non-hydrogen) atoms. The lowest BCUT2D eigenvalue weighted by molar-refractivity contribution is 0.00578. The highest BCUT2D eigenvalue weighted by atomic mass is 32.1. The Morgan fingerprint density at radius 1 is 0.750 bits per heavy atom. The third-order valence-electron chi connectivity index (χ3n) is 6.10. The number of thiophene rings is 1. The van der Waals surface area contributed by atoms with Gasteiger partial charge in [-0.3, -0.25) is 0 Å². The summed E-state index contributed by atoms with van der Waals surface area (Å²) in [5.74, 6) is 0. The minimum atomic E-state index is -0.359. The van der Waals surface area contributed by atoms with Crippen LogP contribution < -0.4 is 5.46 Å². The molecule has 1 fully saturated rings. The third kappa shape index (κ3) is 2.79. The molecule has 0 aliphatic carbocycles. The van der Waals surface area contributed by atoms with Gasteiger partial charge in [0.25, 0.3) is 0 Å². The molecule has 1 aromatic heterocycles. The van der Waals surface area contributed by atoms with Gasteiger partial charge in [-0.2, -0.15) is 0 Å². The van der Waals surface area contributed by atoms with E-state index in [4.69, 9.17) is 9.31 Å². The second-order valence-electron chi connectivity index (χ2n) is 8.53. The molecule has 0 amide bonds. The molecule has 0 unspecified atom stereocenters. The average molecular weight is 386 g/mol. The molecule has 0 spiro atoms. The van der Waals surface area contributed by atoms with Crippen LogP contribution >= 0.6 is 11.3 Å². The van der Waals surface area contributed by atoms with Crippen LogP contribution in [-0.4, -0.2) is 18.3 Å². The van der Waals surface area contributed by atoms with E-state index in [0.717, 1.165) is 5.46 Å². The summed E-state index contributed by atoms with van der Waals surface area (Å²) in [4.78, 5) is 1.27. The van der Waals surface area contributed by atoms with Crippen LogP contribution in [0.25, 0.3) is 31.3 Å². The quantitative estimate of drug-likeness (QED) is 0.392. The molecule has 0 bridgehead atoms. The van der Waals surface area contributed by atoms with Crippen molar-refractivity contribution in [1.82, 2.24) is 0 Å². The van der Waals surface area contributed by atoms with Gasteiger partial charge in [-0.1, -0.05) is 54.6 Å². The van der Waals surface area contributed by atoms with Gasteiger partial charge in [0.05, 0.1) is 11.2 Å². The minimum Gasteiger partial charge on any atom is -0.399 e. The maximum Gasteiger partial charge on any atom is 0.494 e. The van der Waals surface area contributed by atoms with Gasteiger partial charge in [-0.15, -0.1) is 11.3 Å². The standard InChI is InChI=1S/C24H23BO2S/c1-23(2)24(3,4)27-25(26-23)18-13-16-9-5-7-11-19(16)20(15-18)22-14-17-10-6-8-12-21(17)28-22/h5-15H,1-4H3. The van der Waals surface area contributed by atoms with E-state index in [-0.39, 0.29) is 18.3 Å². The molecule has 1 aliphatic heterocycles. The summed E-state index contributed by atoms with van der Waals surface area (Å²) in [6.45, 7) is 8.39. The van der Waals surface area contributed by atoms with E-state index in [1.807, 2.05) is 11.3 Å². The van der Waals surface area contributed by atoms with E-state index >= 15 is 0 Å². The van der Waals surface area contributed by atoms with Crippen molar-refractivity contribution in [1.29, 1.82) is 0 Å². The molecule has 140 valence electrons. The molecule has 0 atom stereocenters. The number of hydrogen-bond acceptors (Lipinski definition) is 3. The molecule has 0 N–H and O–H groups in total. The van der Waals surface area contributed by atoms with Gasteiger partial charge in [0.15, 0.2) is 0 Å². The third-order valence-corrected chi connectivity index (χ3v) is 7.25. The van der Waals surface area contributed by atoms with Crippen LogP contribution in [0.4, 0.5) is 0 Å². The van der Waals surface area contributed by atoms with Crippen LogP contribution in [0.3, 0.4) is 0 Å². The lowest BCUT2D eigenvalue weighted by Gasteiger charge is -2.32. The molecule has 1 aliphatic rings. The SMILES string of the molecule is CC1(C)OB(c2cc(-c3cc4ccccc4s3)c3ccccc3c2)OC1(C)C. The summed E-state index contributed by atoms with van der Waals surface area (Å²) < 4.78 is 14.0. The molecule has 1 saturated heterocycles. The Morgan fingerprint density at radius 2 is 1.39 bits per heavy atom. The van der Waals surface area contributed by atoms with E-state index in [9.17, 15) is 0 Å². The zero-order valence-electron chi connectivity index (χ0n) is 16.7. The second-order valence-corrected chi connectivity index (χ2v) is 9.61. The highest BCUT2D eigenvalue weighted by Crippen LogP contribution is 2.39. The molecule has 2 nitrogen and oxygen atoms in total. The molecule has 4 heteroatoms. The first-order chi connectivity index (χ1) is 13.3. The van der Waals surface area contributed by atoms with Crippen molar-refractivity contribution in [2.24, 2.45) is 0 Å².